The molecule has 14 heavy (non-hydrogen) atoms. The average molecular weight is 200 g/mol. The number of aliphatic hydroxyl groups is 1. The van der Waals surface area contributed by atoms with Crippen molar-refractivity contribution in [3.8, 4) is 0 Å². The Morgan fingerprint density at radius 2 is 2.36 bits per heavy atom. The van der Waals surface area contributed by atoms with Gasteiger partial charge in [0.15, 0.2) is 0 Å². The summed E-state index contributed by atoms with van der Waals surface area (Å²) in [5.41, 5.74) is 5.75. The van der Waals surface area contributed by atoms with E-state index in [-0.39, 0.29) is 12.6 Å². The van der Waals surface area contributed by atoms with Gasteiger partial charge in [0.2, 0.25) is 0 Å². The fourth-order valence-electron chi connectivity index (χ4n) is 2.59. The highest BCUT2D eigenvalue weighted by atomic mass is 16.5. The van der Waals surface area contributed by atoms with Crippen molar-refractivity contribution in [3.63, 3.8) is 0 Å². The van der Waals surface area contributed by atoms with Gasteiger partial charge in [-0.3, -0.25) is 4.90 Å². The molecule has 4 heteroatoms. The second-order valence-corrected chi connectivity index (χ2v) is 4.35. The number of aliphatic hydroxyl groups excluding tert-OH is 1. The van der Waals surface area contributed by atoms with E-state index in [4.69, 9.17) is 15.6 Å². The van der Waals surface area contributed by atoms with E-state index in [9.17, 15) is 0 Å². The Labute approximate surface area is 85.0 Å². The lowest BCUT2D eigenvalue weighted by molar-refractivity contribution is -0.0583. The minimum Gasteiger partial charge on any atom is -0.395 e. The molecule has 1 heterocycles. The lowest BCUT2D eigenvalue weighted by Gasteiger charge is -2.38. The third-order valence-corrected chi connectivity index (χ3v) is 3.30. The van der Waals surface area contributed by atoms with Crippen molar-refractivity contribution in [2.24, 2.45) is 5.73 Å². The van der Waals surface area contributed by atoms with Crippen molar-refractivity contribution < 1.29 is 9.84 Å². The zero-order chi connectivity index (χ0) is 9.97. The van der Waals surface area contributed by atoms with E-state index in [1.54, 1.807) is 0 Å². The van der Waals surface area contributed by atoms with Crippen LogP contribution < -0.4 is 5.73 Å². The van der Waals surface area contributed by atoms with E-state index in [1.807, 2.05) is 0 Å². The van der Waals surface area contributed by atoms with Crippen LogP contribution in [0.5, 0.6) is 0 Å². The van der Waals surface area contributed by atoms with Gasteiger partial charge >= 0.3 is 0 Å². The van der Waals surface area contributed by atoms with Gasteiger partial charge < -0.3 is 15.6 Å². The summed E-state index contributed by atoms with van der Waals surface area (Å²) in [6, 6.07) is 0.454. The van der Waals surface area contributed by atoms with Crippen molar-refractivity contribution >= 4 is 0 Å². The molecule has 4 nitrogen and oxygen atoms in total. The van der Waals surface area contributed by atoms with Crippen LogP contribution in [0.1, 0.15) is 19.3 Å². The Bertz CT molecular complexity index is 189. The van der Waals surface area contributed by atoms with E-state index in [0.717, 1.165) is 19.7 Å². The number of fused-ring (bicyclic) bond motifs is 1. The Kier molecular flexibility index (Phi) is 3.38. The summed E-state index contributed by atoms with van der Waals surface area (Å²) in [4.78, 5) is 2.39. The fraction of sp³-hybridized carbons (Fsp3) is 1.00. The van der Waals surface area contributed by atoms with Crippen LogP contribution in [0.25, 0.3) is 0 Å². The molecule has 2 fully saturated rings. The Morgan fingerprint density at radius 1 is 1.50 bits per heavy atom. The van der Waals surface area contributed by atoms with Gasteiger partial charge in [-0.1, -0.05) is 0 Å². The van der Waals surface area contributed by atoms with Gasteiger partial charge in [-0.2, -0.15) is 0 Å². The summed E-state index contributed by atoms with van der Waals surface area (Å²) < 4.78 is 5.70. The molecule has 0 aromatic rings. The Hall–Kier alpha value is -0.160. The average Bonchev–Trinajstić information content (AvgIpc) is 2.66. The maximum atomic E-state index is 8.92. The number of ether oxygens (including phenoxy) is 1. The van der Waals surface area contributed by atoms with Crippen LogP contribution in [0.2, 0.25) is 0 Å². The zero-order valence-corrected chi connectivity index (χ0v) is 8.56. The molecule has 0 bridgehead atoms. The number of morpholine rings is 1. The highest BCUT2D eigenvalue weighted by molar-refractivity contribution is 4.90. The number of nitrogens with two attached hydrogens (primary N) is 1. The standard InChI is InChI=1S/C10H20N2O2/c11-8(7-13)6-12-4-5-14-10-3-1-2-9(10)12/h8-10,13H,1-7,11H2. The van der Waals surface area contributed by atoms with Gasteiger partial charge in [-0.05, 0) is 19.3 Å². The molecular formula is C10H20N2O2. The first-order valence-corrected chi connectivity index (χ1v) is 5.53. The van der Waals surface area contributed by atoms with Gasteiger partial charge in [0.05, 0.1) is 19.3 Å². The van der Waals surface area contributed by atoms with E-state index in [0.29, 0.717) is 12.1 Å². The molecule has 3 N–H and O–H groups in total. The zero-order valence-electron chi connectivity index (χ0n) is 8.56. The molecule has 1 saturated carbocycles. The predicted octanol–water partition coefficient (Wildman–Crippen LogP) is -0.441. The molecule has 0 aromatic carbocycles. The topological polar surface area (TPSA) is 58.7 Å². The highest BCUT2D eigenvalue weighted by Crippen LogP contribution is 2.29. The molecule has 1 saturated heterocycles. The van der Waals surface area contributed by atoms with Crippen molar-refractivity contribution in [3.05, 3.63) is 0 Å². The molecule has 82 valence electrons. The second kappa shape index (κ2) is 4.57. The highest BCUT2D eigenvalue weighted by Gasteiger charge is 2.36. The molecule has 2 rings (SSSR count). The maximum Gasteiger partial charge on any atom is 0.0730 e. The molecule has 3 unspecified atom stereocenters. The Morgan fingerprint density at radius 3 is 3.14 bits per heavy atom. The van der Waals surface area contributed by atoms with Gasteiger partial charge in [-0.15, -0.1) is 0 Å². The molecule has 1 aliphatic carbocycles. The van der Waals surface area contributed by atoms with Crippen molar-refractivity contribution in [2.45, 2.75) is 37.5 Å². The summed E-state index contributed by atoms with van der Waals surface area (Å²) in [5.74, 6) is 0. The summed E-state index contributed by atoms with van der Waals surface area (Å²) >= 11 is 0. The maximum absolute atomic E-state index is 8.92. The van der Waals surface area contributed by atoms with Crippen LogP contribution in [0, 0.1) is 0 Å². The first kappa shape index (κ1) is 10.4. The van der Waals surface area contributed by atoms with Crippen LogP contribution in [0.3, 0.4) is 0 Å². The second-order valence-electron chi connectivity index (χ2n) is 4.35. The van der Waals surface area contributed by atoms with Gasteiger partial charge in [-0.25, -0.2) is 0 Å². The quantitative estimate of drug-likeness (QED) is 0.648. The van der Waals surface area contributed by atoms with Gasteiger partial charge in [0, 0.05) is 25.2 Å². The van der Waals surface area contributed by atoms with Crippen molar-refractivity contribution in [2.75, 3.05) is 26.3 Å². The van der Waals surface area contributed by atoms with Crippen LogP contribution in [0.4, 0.5) is 0 Å². The summed E-state index contributed by atoms with van der Waals surface area (Å²) in [5, 5.41) is 8.92. The molecule has 0 amide bonds. The summed E-state index contributed by atoms with van der Waals surface area (Å²) in [6.07, 6.45) is 4.10. The number of hydrogen-bond acceptors (Lipinski definition) is 4. The molecule has 2 aliphatic rings. The van der Waals surface area contributed by atoms with Crippen LogP contribution in [-0.2, 0) is 4.74 Å². The normalized spacial score (nSPS) is 35.6. The van der Waals surface area contributed by atoms with E-state index < -0.39 is 0 Å². The van der Waals surface area contributed by atoms with Crippen LogP contribution >= 0.6 is 0 Å². The number of nitrogens with zero attached hydrogens (tertiary/aromatic N) is 1. The van der Waals surface area contributed by atoms with E-state index >= 15 is 0 Å². The van der Waals surface area contributed by atoms with Crippen molar-refractivity contribution in [1.82, 2.24) is 4.90 Å². The first-order valence-electron chi connectivity index (χ1n) is 5.53. The van der Waals surface area contributed by atoms with Crippen LogP contribution in [0.15, 0.2) is 0 Å². The summed E-state index contributed by atoms with van der Waals surface area (Å²) in [7, 11) is 0. The predicted molar refractivity (Wildman–Crippen MR) is 54.0 cm³/mol. The molecule has 3 atom stereocenters. The fourth-order valence-corrected chi connectivity index (χ4v) is 2.59. The van der Waals surface area contributed by atoms with Crippen molar-refractivity contribution in [1.29, 1.82) is 0 Å². The molecular weight excluding hydrogens is 180 g/mol. The third-order valence-electron chi connectivity index (χ3n) is 3.30. The SMILES string of the molecule is NC(CO)CN1CCOC2CCCC21. The lowest BCUT2D eigenvalue weighted by atomic mass is 10.1. The monoisotopic (exact) mass is 200 g/mol. The van der Waals surface area contributed by atoms with Gasteiger partial charge in [0.25, 0.3) is 0 Å². The van der Waals surface area contributed by atoms with Gasteiger partial charge in [0.1, 0.15) is 0 Å². The molecule has 0 radical (unpaired) electrons. The summed E-state index contributed by atoms with van der Waals surface area (Å²) in [6.45, 7) is 2.67. The van der Waals surface area contributed by atoms with Crippen LogP contribution in [-0.4, -0.2) is 54.5 Å². The first-order chi connectivity index (χ1) is 6.81. The molecule has 0 aromatic heterocycles. The van der Waals surface area contributed by atoms with E-state index in [2.05, 4.69) is 4.90 Å². The third kappa shape index (κ3) is 2.08. The minimum atomic E-state index is -0.102. The largest absolute Gasteiger partial charge is 0.395 e. The lowest BCUT2D eigenvalue weighted by Crippen LogP contribution is -2.52. The molecule has 1 aliphatic heterocycles. The Balaban J connectivity index is 1.90. The minimum absolute atomic E-state index is 0.0781. The number of rotatable bonds is 3. The van der Waals surface area contributed by atoms with E-state index in [1.165, 1.54) is 19.3 Å². The number of hydrogen-bond donors (Lipinski definition) is 2. The smallest absolute Gasteiger partial charge is 0.0730 e. The molecule has 0 spiro atoms.